The number of carbonyl (C=O) groups excluding carboxylic acids is 1. The summed E-state index contributed by atoms with van der Waals surface area (Å²) in [5, 5.41) is 10.2. The highest BCUT2D eigenvalue weighted by atomic mass is 32.2. The molecule has 5 nitrogen and oxygen atoms in total. The van der Waals surface area contributed by atoms with Gasteiger partial charge >= 0.3 is 0 Å². The Balaban J connectivity index is 1.67. The number of aliphatic hydroxyl groups is 1. The zero-order valence-corrected chi connectivity index (χ0v) is 13.7. The van der Waals surface area contributed by atoms with Gasteiger partial charge in [0.25, 0.3) is 0 Å². The van der Waals surface area contributed by atoms with Crippen LogP contribution in [0.2, 0.25) is 0 Å². The molecule has 0 unspecified atom stereocenters. The highest BCUT2D eigenvalue weighted by molar-refractivity contribution is 7.99. The second-order valence-electron chi connectivity index (χ2n) is 5.51. The third-order valence-electron chi connectivity index (χ3n) is 3.90. The maximum absolute atomic E-state index is 12.2. The van der Waals surface area contributed by atoms with Crippen LogP contribution in [0.3, 0.4) is 0 Å². The van der Waals surface area contributed by atoms with Gasteiger partial charge in [-0.2, -0.15) is 0 Å². The van der Waals surface area contributed by atoms with Crippen molar-refractivity contribution in [1.82, 2.24) is 9.55 Å². The van der Waals surface area contributed by atoms with Crippen LogP contribution in [-0.4, -0.2) is 38.9 Å². The lowest BCUT2D eigenvalue weighted by Crippen LogP contribution is -2.18. The Bertz CT molecular complexity index is 651. The van der Waals surface area contributed by atoms with Gasteiger partial charge in [0.05, 0.1) is 36.9 Å². The average molecular weight is 332 g/mol. The van der Waals surface area contributed by atoms with Gasteiger partial charge in [-0.25, -0.2) is 4.98 Å². The fourth-order valence-corrected chi connectivity index (χ4v) is 3.56. The first-order valence-electron chi connectivity index (χ1n) is 7.76. The number of benzene rings is 1. The van der Waals surface area contributed by atoms with Crippen LogP contribution < -0.4 is 0 Å². The molecule has 1 aromatic carbocycles. The second-order valence-corrected chi connectivity index (χ2v) is 6.46. The fraction of sp³-hybridized carbons (Fsp3) is 0.412. The topological polar surface area (TPSA) is 64.3 Å². The van der Waals surface area contributed by atoms with Crippen molar-refractivity contribution in [2.75, 3.05) is 12.4 Å². The van der Waals surface area contributed by atoms with Gasteiger partial charge in [-0.3, -0.25) is 4.79 Å². The number of imidazole rings is 1. The van der Waals surface area contributed by atoms with Crippen LogP contribution in [0, 0.1) is 0 Å². The molecule has 0 saturated carbocycles. The molecular formula is C17H20N2O3S. The van der Waals surface area contributed by atoms with Gasteiger partial charge in [-0.05, 0) is 12.8 Å². The summed E-state index contributed by atoms with van der Waals surface area (Å²) in [5.41, 5.74) is 1.47. The maximum Gasteiger partial charge on any atom is 0.173 e. The molecule has 0 amide bonds. The fourth-order valence-electron chi connectivity index (χ4n) is 2.66. The van der Waals surface area contributed by atoms with E-state index in [0.29, 0.717) is 17.9 Å². The van der Waals surface area contributed by atoms with Crippen LogP contribution in [0.25, 0.3) is 0 Å². The minimum atomic E-state index is -0.0626. The molecule has 2 heterocycles. The van der Waals surface area contributed by atoms with Gasteiger partial charge < -0.3 is 14.4 Å². The van der Waals surface area contributed by atoms with Crippen molar-refractivity contribution in [1.29, 1.82) is 0 Å². The number of aromatic nitrogens is 2. The number of hydrogen-bond acceptors (Lipinski definition) is 5. The predicted octanol–water partition coefficient (Wildman–Crippen LogP) is 2.53. The number of carbonyl (C=O) groups is 1. The number of hydrogen-bond donors (Lipinski definition) is 1. The van der Waals surface area contributed by atoms with Crippen molar-refractivity contribution in [3.05, 3.63) is 47.8 Å². The molecule has 1 saturated heterocycles. The SMILES string of the molecule is O=C(CSc1ncc(CO)n1C[C@H]1CCCO1)c1ccccc1. The Morgan fingerprint density at radius 1 is 1.39 bits per heavy atom. The standard InChI is InChI=1S/C17H20N2O3S/c20-11-14-9-18-17(19(14)10-15-7-4-8-22-15)23-12-16(21)13-5-2-1-3-6-13/h1-3,5-6,9,15,20H,4,7-8,10-12H2/t15-/m1/s1. The quantitative estimate of drug-likeness (QED) is 0.623. The van der Waals surface area contributed by atoms with Gasteiger partial charge in [0.1, 0.15) is 0 Å². The highest BCUT2D eigenvalue weighted by Crippen LogP contribution is 2.23. The molecule has 6 heteroatoms. The summed E-state index contributed by atoms with van der Waals surface area (Å²) in [6, 6.07) is 9.26. The monoisotopic (exact) mass is 332 g/mol. The van der Waals surface area contributed by atoms with Gasteiger partial charge in [-0.15, -0.1) is 0 Å². The van der Waals surface area contributed by atoms with E-state index in [1.807, 2.05) is 34.9 Å². The van der Waals surface area contributed by atoms with Crippen molar-refractivity contribution in [3.63, 3.8) is 0 Å². The molecule has 1 aliphatic heterocycles. The molecule has 0 spiro atoms. The summed E-state index contributed by atoms with van der Waals surface area (Å²) in [4.78, 5) is 16.6. The minimum Gasteiger partial charge on any atom is -0.390 e. The summed E-state index contributed by atoms with van der Waals surface area (Å²) in [6.07, 6.45) is 3.93. The van der Waals surface area contributed by atoms with Crippen molar-refractivity contribution in [2.24, 2.45) is 0 Å². The smallest absolute Gasteiger partial charge is 0.173 e. The summed E-state index contributed by atoms with van der Waals surface area (Å²) in [5.74, 6) is 0.407. The zero-order valence-electron chi connectivity index (χ0n) is 12.9. The summed E-state index contributed by atoms with van der Waals surface area (Å²) >= 11 is 1.41. The normalized spacial score (nSPS) is 17.5. The van der Waals surface area contributed by atoms with Crippen LogP contribution in [0.1, 0.15) is 28.9 Å². The lowest BCUT2D eigenvalue weighted by atomic mass is 10.2. The van der Waals surface area contributed by atoms with E-state index in [4.69, 9.17) is 4.74 Å². The third-order valence-corrected chi connectivity index (χ3v) is 4.89. The van der Waals surface area contributed by atoms with E-state index < -0.39 is 0 Å². The minimum absolute atomic E-state index is 0.0626. The molecule has 23 heavy (non-hydrogen) atoms. The maximum atomic E-state index is 12.2. The molecule has 3 rings (SSSR count). The molecule has 1 aliphatic rings. The lowest BCUT2D eigenvalue weighted by molar-refractivity contribution is 0.0930. The van der Waals surface area contributed by atoms with Gasteiger partial charge in [-0.1, -0.05) is 42.1 Å². The van der Waals surface area contributed by atoms with Crippen molar-refractivity contribution in [3.8, 4) is 0 Å². The van der Waals surface area contributed by atoms with E-state index in [1.54, 1.807) is 6.20 Å². The number of Topliss-reactive ketones (excluding diaryl/α,β-unsaturated/α-hetero) is 1. The van der Waals surface area contributed by atoms with E-state index in [2.05, 4.69) is 4.98 Å². The first-order chi connectivity index (χ1) is 11.3. The van der Waals surface area contributed by atoms with E-state index in [1.165, 1.54) is 11.8 Å². The predicted molar refractivity (Wildman–Crippen MR) is 88.6 cm³/mol. The van der Waals surface area contributed by atoms with Crippen molar-refractivity contribution >= 4 is 17.5 Å². The van der Waals surface area contributed by atoms with Gasteiger partial charge in [0.15, 0.2) is 10.9 Å². The highest BCUT2D eigenvalue weighted by Gasteiger charge is 2.20. The Morgan fingerprint density at radius 2 is 2.22 bits per heavy atom. The molecule has 1 fully saturated rings. The molecule has 2 aromatic rings. The summed E-state index contributed by atoms with van der Waals surface area (Å²) in [6.45, 7) is 1.41. The molecule has 0 aliphatic carbocycles. The molecular weight excluding hydrogens is 312 g/mol. The number of rotatable bonds is 7. The number of nitrogens with zero attached hydrogens (tertiary/aromatic N) is 2. The van der Waals surface area contributed by atoms with Crippen LogP contribution in [-0.2, 0) is 17.9 Å². The molecule has 1 N–H and O–H groups in total. The average Bonchev–Trinajstić information content (AvgIpc) is 3.24. The van der Waals surface area contributed by atoms with Crippen LogP contribution in [0.4, 0.5) is 0 Å². The summed E-state index contributed by atoms with van der Waals surface area (Å²) in [7, 11) is 0. The van der Waals surface area contributed by atoms with Crippen LogP contribution >= 0.6 is 11.8 Å². The van der Waals surface area contributed by atoms with Gasteiger partial charge in [0.2, 0.25) is 0 Å². The van der Waals surface area contributed by atoms with Crippen LogP contribution in [0.5, 0.6) is 0 Å². The number of ketones is 1. The number of aliphatic hydroxyl groups excluding tert-OH is 1. The molecule has 122 valence electrons. The molecule has 0 bridgehead atoms. The van der Waals surface area contributed by atoms with E-state index in [9.17, 15) is 9.90 Å². The Morgan fingerprint density at radius 3 is 2.91 bits per heavy atom. The van der Waals surface area contributed by atoms with E-state index >= 15 is 0 Å². The molecule has 1 atom stereocenters. The lowest BCUT2D eigenvalue weighted by Gasteiger charge is -2.15. The van der Waals surface area contributed by atoms with Crippen LogP contribution in [0.15, 0.2) is 41.7 Å². The first kappa shape index (κ1) is 16.2. The van der Waals surface area contributed by atoms with E-state index in [0.717, 1.165) is 30.3 Å². The van der Waals surface area contributed by atoms with Crippen molar-refractivity contribution < 1.29 is 14.6 Å². The molecule has 0 radical (unpaired) electrons. The number of ether oxygens (including phenoxy) is 1. The number of thioether (sulfide) groups is 1. The Hall–Kier alpha value is -1.63. The van der Waals surface area contributed by atoms with E-state index in [-0.39, 0.29) is 18.5 Å². The Labute approximate surface area is 139 Å². The molecule has 1 aromatic heterocycles. The summed E-state index contributed by atoms with van der Waals surface area (Å²) < 4.78 is 7.64. The second kappa shape index (κ2) is 7.77. The largest absolute Gasteiger partial charge is 0.390 e. The third kappa shape index (κ3) is 4.02. The zero-order chi connectivity index (χ0) is 16.1. The first-order valence-corrected chi connectivity index (χ1v) is 8.74. The van der Waals surface area contributed by atoms with Gasteiger partial charge in [0, 0.05) is 12.2 Å². The van der Waals surface area contributed by atoms with Crippen molar-refractivity contribution in [2.45, 2.75) is 37.3 Å². The Kier molecular flexibility index (Phi) is 5.48.